The van der Waals surface area contributed by atoms with Gasteiger partial charge in [-0.1, -0.05) is 46.3 Å². The van der Waals surface area contributed by atoms with Crippen LogP contribution in [0.1, 0.15) is 21.5 Å². The molecule has 154 valence electrons. The molecule has 30 heavy (non-hydrogen) atoms. The molecule has 3 aromatic rings. The zero-order valence-electron chi connectivity index (χ0n) is 15.9. The van der Waals surface area contributed by atoms with E-state index in [4.69, 9.17) is 9.47 Å². The summed E-state index contributed by atoms with van der Waals surface area (Å²) in [6.45, 7) is 0.423. The molecular weight excluding hydrogens is 563 g/mol. The van der Waals surface area contributed by atoms with Crippen molar-refractivity contribution in [3.8, 4) is 17.2 Å². The van der Waals surface area contributed by atoms with Crippen molar-refractivity contribution in [2.45, 2.75) is 6.61 Å². The van der Waals surface area contributed by atoms with Crippen LogP contribution in [0.5, 0.6) is 17.2 Å². The molecule has 0 radical (unpaired) electrons. The number of phenolic OH excluding ortho intramolecular Hbond substituents is 1. The van der Waals surface area contributed by atoms with E-state index in [9.17, 15) is 9.90 Å². The van der Waals surface area contributed by atoms with Crippen LogP contribution in [0.15, 0.2) is 70.2 Å². The summed E-state index contributed by atoms with van der Waals surface area (Å²) in [5.41, 5.74) is 4.31. The van der Waals surface area contributed by atoms with Crippen LogP contribution in [0, 0.1) is 3.57 Å². The Kier molecular flexibility index (Phi) is 7.69. The number of hydrogen-bond acceptors (Lipinski definition) is 5. The SMILES string of the molecule is COc1cc(/C=N\NC(=O)c2cc(Br)ccc2O)cc(I)c1OCc1ccccc1. The van der Waals surface area contributed by atoms with Gasteiger partial charge in [-0.15, -0.1) is 0 Å². The minimum atomic E-state index is -0.519. The Hall–Kier alpha value is -2.59. The molecule has 0 aliphatic heterocycles. The molecular formula is C22H18BrIN2O4. The number of halogens is 2. The Balaban J connectivity index is 1.71. The van der Waals surface area contributed by atoms with Crippen molar-refractivity contribution in [2.75, 3.05) is 7.11 Å². The molecule has 2 N–H and O–H groups in total. The number of benzene rings is 3. The lowest BCUT2D eigenvalue weighted by atomic mass is 10.2. The summed E-state index contributed by atoms with van der Waals surface area (Å²) in [5.74, 6) is 0.564. The molecule has 3 aromatic carbocycles. The maximum atomic E-state index is 12.2. The van der Waals surface area contributed by atoms with E-state index < -0.39 is 5.91 Å². The Morgan fingerprint density at radius 2 is 1.97 bits per heavy atom. The van der Waals surface area contributed by atoms with E-state index in [1.807, 2.05) is 36.4 Å². The van der Waals surface area contributed by atoms with E-state index in [0.717, 1.165) is 14.7 Å². The second-order valence-electron chi connectivity index (χ2n) is 6.17. The standard InChI is InChI=1S/C22H18BrIN2O4/c1-29-20-10-15(9-18(24)21(20)30-13-14-5-3-2-4-6-14)12-25-26-22(28)17-11-16(23)7-8-19(17)27/h2-12,27H,13H2,1H3,(H,26,28)/b25-12-. The number of amides is 1. The predicted molar refractivity (Wildman–Crippen MR) is 127 cm³/mol. The van der Waals surface area contributed by atoms with Crippen molar-refractivity contribution < 1.29 is 19.4 Å². The maximum absolute atomic E-state index is 12.2. The molecule has 0 spiro atoms. The first kappa shape index (κ1) is 22.1. The third kappa shape index (κ3) is 5.73. The van der Waals surface area contributed by atoms with Crippen molar-refractivity contribution in [3.05, 3.63) is 85.4 Å². The molecule has 0 unspecified atom stereocenters. The smallest absolute Gasteiger partial charge is 0.275 e. The van der Waals surface area contributed by atoms with E-state index in [1.165, 1.54) is 18.3 Å². The van der Waals surface area contributed by atoms with Gasteiger partial charge in [-0.2, -0.15) is 5.10 Å². The first-order chi connectivity index (χ1) is 14.5. The van der Waals surface area contributed by atoms with Crippen LogP contribution in [0.3, 0.4) is 0 Å². The number of phenols is 1. The molecule has 0 aliphatic carbocycles. The van der Waals surface area contributed by atoms with Crippen molar-refractivity contribution >= 4 is 50.6 Å². The molecule has 0 saturated carbocycles. The minimum Gasteiger partial charge on any atom is -0.507 e. The molecule has 0 fully saturated rings. The van der Waals surface area contributed by atoms with Crippen LogP contribution in [-0.4, -0.2) is 24.3 Å². The highest BCUT2D eigenvalue weighted by molar-refractivity contribution is 14.1. The highest BCUT2D eigenvalue weighted by atomic mass is 127. The summed E-state index contributed by atoms with van der Waals surface area (Å²) in [6, 6.07) is 18.1. The molecule has 3 rings (SSSR count). The molecule has 0 aliphatic rings. The topological polar surface area (TPSA) is 80.2 Å². The highest BCUT2D eigenvalue weighted by Gasteiger charge is 2.13. The molecule has 0 bridgehead atoms. The van der Waals surface area contributed by atoms with Gasteiger partial charge in [-0.05, 0) is 64.0 Å². The number of methoxy groups -OCH3 is 1. The fourth-order valence-electron chi connectivity index (χ4n) is 2.60. The van der Waals surface area contributed by atoms with E-state index in [-0.39, 0.29) is 11.3 Å². The monoisotopic (exact) mass is 580 g/mol. The van der Waals surface area contributed by atoms with Gasteiger partial charge >= 0.3 is 0 Å². The fourth-order valence-corrected chi connectivity index (χ4v) is 3.74. The summed E-state index contributed by atoms with van der Waals surface area (Å²) in [7, 11) is 1.57. The van der Waals surface area contributed by atoms with E-state index in [2.05, 4.69) is 49.0 Å². The molecule has 0 saturated heterocycles. The summed E-state index contributed by atoms with van der Waals surface area (Å²) in [4.78, 5) is 12.2. The van der Waals surface area contributed by atoms with E-state index in [0.29, 0.717) is 22.6 Å². The lowest BCUT2D eigenvalue weighted by Crippen LogP contribution is -2.17. The van der Waals surface area contributed by atoms with Gasteiger partial charge in [0.2, 0.25) is 0 Å². The Morgan fingerprint density at radius 3 is 2.70 bits per heavy atom. The first-order valence-electron chi connectivity index (χ1n) is 8.84. The van der Waals surface area contributed by atoms with Crippen molar-refractivity contribution in [2.24, 2.45) is 5.10 Å². The number of rotatable bonds is 7. The molecule has 0 aromatic heterocycles. The lowest BCUT2D eigenvalue weighted by Gasteiger charge is -2.13. The van der Waals surface area contributed by atoms with Crippen LogP contribution in [-0.2, 0) is 6.61 Å². The van der Waals surface area contributed by atoms with E-state index >= 15 is 0 Å². The molecule has 0 atom stereocenters. The predicted octanol–water partition coefficient (Wildman–Crippen LogP) is 5.11. The Bertz CT molecular complexity index is 1070. The van der Waals surface area contributed by atoms with Crippen LogP contribution in [0.25, 0.3) is 0 Å². The van der Waals surface area contributed by atoms with Gasteiger partial charge in [0.1, 0.15) is 12.4 Å². The van der Waals surface area contributed by atoms with Crippen molar-refractivity contribution in [3.63, 3.8) is 0 Å². The molecule has 6 nitrogen and oxygen atoms in total. The average Bonchev–Trinajstić information content (AvgIpc) is 2.75. The Labute approximate surface area is 196 Å². The third-order valence-electron chi connectivity index (χ3n) is 4.06. The molecule has 8 heteroatoms. The second-order valence-corrected chi connectivity index (χ2v) is 8.25. The summed E-state index contributed by atoms with van der Waals surface area (Å²) >= 11 is 5.44. The lowest BCUT2D eigenvalue weighted by molar-refractivity contribution is 0.0952. The van der Waals surface area contributed by atoms with Gasteiger partial charge < -0.3 is 14.6 Å². The third-order valence-corrected chi connectivity index (χ3v) is 5.36. The molecule has 0 heterocycles. The van der Waals surface area contributed by atoms with Gasteiger partial charge in [-0.3, -0.25) is 4.79 Å². The highest BCUT2D eigenvalue weighted by Crippen LogP contribution is 2.34. The van der Waals surface area contributed by atoms with Crippen LogP contribution in [0.2, 0.25) is 0 Å². The van der Waals surface area contributed by atoms with E-state index in [1.54, 1.807) is 19.2 Å². The normalized spacial score (nSPS) is 10.8. The number of nitrogens with one attached hydrogen (secondary N) is 1. The largest absolute Gasteiger partial charge is 0.507 e. The number of nitrogens with zero attached hydrogens (tertiary/aromatic N) is 1. The Morgan fingerprint density at radius 1 is 1.20 bits per heavy atom. The number of hydrazone groups is 1. The fraction of sp³-hybridized carbons (Fsp3) is 0.0909. The van der Waals surface area contributed by atoms with Gasteiger partial charge in [0.05, 0.1) is 22.5 Å². The molecule has 1 amide bonds. The summed E-state index contributed by atoms with van der Waals surface area (Å²) in [6.07, 6.45) is 1.50. The van der Waals surface area contributed by atoms with Crippen LogP contribution < -0.4 is 14.9 Å². The first-order valence-corrected chi connectivity index (χ1v) is 10.7. The number of aromatic hydroxyl groups is 1. The van der Waals surface area contributed by atoms with Gasteiger partial charge in [0.25, 0.3) is 5.91 Å². The average molecular weight is 581 g/mol. The van der Waals surface area contributed by atoms with Crippen molar-refractivity contribution in [1.82, 2.24) is 5.43 Å². The number of hydrogen-bond donors (Lipinski definition) is 2. The zero-order chi connectivity index (χ0) is 21.5. The van der Waals surface area contributed by atoms with Gasteiger partial charge in [0, 0.05) is 4.47 Å². The zero-order valence-corrected chi connectivity index (χ0v) is 19.7. The second kappa shape index (κ2) is 10.4. The number of carbonyl (C=O) groups is 1. The number of carbonyl (C=O) groups excluding carboxylic acids is 1. The number of ether oxygens (including phenoxy) is 2. The van der Waals surface area contributed by atoms with Crippen LogP contribution in [0.4, 0.5) is 0 Å². The van der Waals surface area contributed by atoms with Gasteiger partial charge in [0.15, 0.2) is 11.5 Å². The minimum absolute atomic E-state index is 0.123. The van der Waals surface area contributed by atoms with Crippen molar-refractivity contribution in [1.29, 1.82) is 0 Å². The van der Waals surface area contributed by atoms with Crippen LogP contribution >= 0.6 is 38.5 Å². The maximum Gasteiger partial charge on any atom is 0.275 e. The van der Waals surface area contributed by atoms with Gasteiger partial charge in [-0.25, -0.2) is 5.43 Å². The summed E-state index contributed by atoms with van der Waals surface area (Å²) in [5, 5.41) is 13.8. The quantitative estimate of drug-likeness (QED) is 0.231. The summed E-state index contributed by atoms with van der Waals surface area (Å²) < 4.78 is 12.9.